The lowest BCUT2D eigenvalue weighted by Gasteiger charge is -2.31. The van der Waals surface area contributed by atoms with Crippen LogP contribution in [-0.4, -0.2) is 22.5 Å². The number of oxime groups is 1. The van der Waals surface area contributed by atoms with E-state index in [-0.39, 0.29) is 11.7 Å². The first-order valence-electron chi connectivity index (χ1n) is 6.46. The molecular formula is C14H20BrN3O2. The third-order valence-electron chi connectivity index (χ3n) is 3.59. The molecule has 1 amide bonds. The molecule has 0 saturated carbocycles. The molecule has 0 fully saturated rings. The molecule has 0 unspecified atom stereocenters. The van der Waals surface area contributed by atoms with Crippen LogP contribution in [0.2, 0.25) is 0 Å². The Hall–Kier alpha value is -1.56. The average Bonchev–Trinajstić information content (AvgIpc) is 2.46. The molecule has 0 saturated heterocycles. The van der Waals surface area contributed by atoms with Crippen LogP contribution in [0.3, 0.4) is 0 Å². The summed E-state index contributed by atoms with van der Waals surface area (Å²) in [7, 11) is 0. The van der Waals surface area contributed by atoms with Gasteiger partial charge in [-0.1, -0.05) is 41.0 Å². The molecule has 0 aliphatic carbocycles. The summed E-state index contributed by atoms with van der Waals surface area (Å²) in [4.78, 5) is 12.3. The van der Waals surface area contributed by atoms with Crippen molar-refractivity contribution in [2.75, 3.05) is 0 Å². The van der Waals surface area contributed by atoms with Crippen molar-refractivity contribution in [3.05, 3.63) is 33.8 Å². The predicted octanol–water partition coefficient (Wildman–Crippen LogP) is 2.79. The molecule has 1 aromatic carbocycles. The highest BCUT2D eigenvalue weighted by Gasteiger charge is 2.33. The molecule has 5 nitrogen and oxygen atoms in total. The quantitative estimate of drug-likeness (QED) is 0.333. The Labute approximate surface area is 127 Å². The molecule has 0 spiro atoms. The first-order valence-corrected chi connectivity index (χ1v) is 7.26. The molecule has 0 aromatic heterocycles. The van der Waals surface area contributed by atoms with Crippen LogP contribution in [0.1, 0.15) is 42.6 Å². The maximum Gasteiger partial charge on any atom is 0.252 e. The lowest BCUT2D eigenvalue weighted by Crippen LogP contribution is -2.56. The topological polar surface area (TPSA) is 87.7 Å². The van der Waals surface area contributed by atoms with Gasteiger partial charge in [-0.05, 0) is 37.5 Å². The molecule has 0 bridgehead atoms. The van der Waals surface area contributed by atoms with Gasteiger partial charge in [-0.2, -0.15) is 0 Å². The van der Waals surface area contributed by atoms with Gasteiger partial charge in [0, 0.05) is 10.0 Å². The van der Waals surface area contributed by atoms with Crippen molar-refractivity contribution >= 4 is 27.7 Å². The van der Waals surface area contributed by atoms with Gasteiger partial charge in [-0.3, -0.25) is 4.79 Å². The van der Waals surface area contributed by atoms with E-state index in [0.29, 0.717) is 18.4 Å². The van der Waals surface area contributed by atoms with Gasteiger partial charge in [-0.25, -0.2) is 0 Å². The first kappa shape index (κ1) is 16.5. The smallest absolute Gasteiger partial charge is 0.252 e. The Morgan fingerprint density at radius 2 is 2.05 bits per heavy atom. The van der Waals surface area contributed by atoms with Crippen LogP contribution in [0.4, 0.5) is 0 Å². The number of nitrogens with two attached hydrogens (primary N) is 1. The fraction of sp³-hybridized carbons (Fsp3) is 0.429. The zero-order valence-corrected chi connectivity index (χ0v) is 13.5. The van der Waals surface area contributed by atoms with E-state index >= 15 is 0 Å². The highest BCUT2D eigenvalue weighted by atomic mass is 79.9. The number of hydrogen-bond donors (Lipinski definition) is 3. The number of carbonyl (C=O) groups is 1. The summed E-state index contributed by atoms with van der Waals surface area (Å²) in [6, 6.07) is 5.37. The van der Waals surface area contributed by atoms with Gasteiger partial charge in [0.2, 0.25) is 0 Å². The van der Waals surface area contributed by atoms with E-state index in [1.807, 2.05) is 26.8 Å². The van der Waals surface area contributed by atoms with E-state index in [0.717, 1.165) is 10.0 Å². The van der Waals surface area contributed by atoms with E-state index in [9.17, 15) is 4.79 Å². The molecule has 1 rings (SSSR count). The lowest BCUT2D eigenvalue weighted by molar-refractivity contribution is 0.0917. The van der Waals surface area contributed by atoms with Crippen LogP contribution in [0.15, 0.2) is 27.8 Å². The molecule has 110 valence electrons. The zero-order valence-electron chi connectivity index (χ0n) is 11.9. The van der Waals surface area contributed by atoms with E-state index in [4.69, 9.17) is 10.9 Å². The number of halogens is 1. The van der Waals surface area contributed by atoms with Gasteiger partial charge >= 0.3 is 0 Å². The standard InChI is InChI=1S/C14H20BrN3O2/c1-4-14(5-2,13(16)18-20)17-12(19)10-7-6-9(3)11(15)8-10/h6-8,20H,4-5H2,1-3H3,(H2,16,18)(H,17,19). The normalized spacial score (nSPS) is 12.3. The Bertz CT molecular complexity index is 525. The van der Waals surface area contributed by atoms with Gasteiger partial charge in [0.25, 0.3) is 5.91 Å². The Morgan fingerprint density at radius 1 is 1.45 bits per heavy atom. The van der Waals surface area contributed by atoms with E-state index in [1.165, 1.54) is 0 Å². The number of nitrogens with one attached hydrogen (secondary N) is 1. The minimum Gasteiger partial charge on any atom is -0.409 e. The number of carbonyl (C=O) groups excluding carboxylic acids is 1. The minimum atomic E-state index is -0.830. The van der Waals surface area contributed by atoms with Crippen molar-refractivity contribution in [1.82, 2.24) is 5.32 Å². The summed E-state index contributed by atoms with van der Waals surface area (Å²) < 4.78 is 0.868. The fourth-order valence-corrected chi connectivity index (χ4v) is 2.35. The number of nitrogens with zero attached hydrogens (tertiary/aromatic N) is 1. The van der Waals surface area contributed by atoms with E-state index in [2.05, 4.69) is 26.4 Å². The summed E-state index contributed by atoms with van der Waals surface area (Å²) in [5.74, 6) is -0.233. The van der Waals surface area contributed by atoms with Gasteiger partial charge in [-0.15, -0.1) is 0 Å². The molecule has 0 aliphatic heterocycles. The Morgan fingerprint density at radius 3 is 2.50 bits per heavy atom. The van der Waals surface area contributed by atoms with Crippen molar-refractivity contribution in [3.63, 3.8) is 0 Å². The monoisotopic (exact) mass is 341 g/mol. The molecule has 6 heteroatoms. The van der Waals surface area contributed by atoms with Crippen molar-refractivity contribution in [1.29, 1.82) is 0 Å². The molecule has 1 aromatic rings. The van der Waals surface area contributed by atoms with Crippen LogP contribution in [0.25, 0.3) is 0 Å². The third kappa shape index (κ3) is 3.30. The molecule has 0 heterocycles. The number of amides is 1. The van der Waals surface area contributed by atoms with Crippen LogP contribution >= 0.6 is 15.9 Å². The molecule has 4 N–H and O–H groups in total. The third-order valence-corrected chi connectivity index (χ3v) is 4.45. The van der Waals surface area contributed by atoms with Gasteiger partial charge in [0.15, 0.2) is 5.84 Å². The summed E-state index contributed by atoms with van der Waals surface area (Å²) in [5.41, 5.74) is 6.48. The van der Waals surface area contributed by atoms with Crippen molar-refractivity contribution < 1.29 is 10.0 Å². The second-order valence-electron chi connectivity index (χ2n) is 4.69. The lowest BCUT2D eigenvalue weighted by atomic mass is 9.91. The maximum atomic E-state index is 12.3. The van der Waals surface area contributed by atoms with Crippen molar-refractivity contribution in [2.45, 2.75) is 39.2 Å². The number of rotatable bonds is 5. The summed E-state index contributed by atoms with van der Waals surface area (Å²) in [6.45, 7) is 5.71. The maximum absolute atomic E-state index is 12.3. The number of aryl methyl sites for hydroxylation is 1. The van der Waals surface area contributed by atoms with Gasteiger partial charge in [0.1, 0.15) is 5.54 Å². The number of hydrogen-bond acceptors (Lipinski definition) is 3. The summed E-state index contributed by atoms with van der Waals surface area (Å²) in [5, 5.41) is 14.8. The molecule has 0 radical (unpaired) electrons. The van der Waals surface area contributed by atoms with Gasteiger partial charge < -0.3 is 16.3 Å². The van der Waals surface area contributed by atoms with E-state index < -0.39 is 5.54 Å². The molecule has 0 aliphatic rings. The predicted molar refractivity (Wildman–Crippen MR) is 83.1 cm³/mol. The largest absolute Gasteiger partial charge is 0.409 e. The Balaban J connectivity index is 3.05. The second-order valence-corrected chi connectivity index (χ2v) is 5.55. The molecule has 20 heavy (non-hydrogen) atoms. The molecular weight excluding hydrogens is 322 g/mol. The average molecular weight is 342 g/mol. The summed E-state index contributed by atoms with van der Waals surface area (Å²) in [6.07, 6.45) is 1.08. The fourth-order valence-electron chi connectivity index (χ4n) is 1.97. The summed E-state index contributed by atoms with van der Waals surface area (Å²) >= 11 is 3.40. The second kappa shape index (κ2) is 6.74. The van der Waals surface area contributed by atoms with Crippen molar-refractivity contribution in [3.8, 4) is 0 Å². The first-order chi connectivity index (χ1) is 9.40. The SMILES string of the molecule is CCC(CC)(NC(=O)c1ccc(C)c(Br)c1)/C(N)=N/O. The Kier molecular flexibility index (Phi) is 5.56. The van der Waals surface area contributed by atoms with E-state index in [1.54, 1.807) is 12.1 Å². The highest BCUT2D eigenvalue weighted by Crippen LogP contribution is 2.20. The van der Waals surface area contributed by atoms with Gasteiger partial charge in [0.05, 0.1) is 0 Å². The zero-order chi connectivity index (χ0) is 15.3. The van der Waals surface area contributed by atoms with Crippen LogP contribution < -0.4 is 11.1 Å². The van der Waals surface area contributed by atoms with Crippen LogP contribution in [0, 0.1) is 6.92 Å². The van der Waals surface area contributed by atoms with Crippen LogP contribution in [0.5, 0.6) is 0 Å². The van der Waals surface area contributed by atoms with Crippen molar-refractivity contribution in [2.24, 2.45) is 10.9 Å². The number of benzene rings is 1. The minimum absolute atomic E-state index is 0.0158. The van der Waals surface area contributed by atoms with Crippen LogP contribution in [-0.2, 0) is 0 Å². The molecule has 0 atom stereocenters. The number of amidine groups is 1. The highest BCUT2D eigenvalue weighted by molar-refractivity contribution is 9.10.